The molecule has 4 rings (SSSR count). The van der Waals surface area contributed by atoms with Crippen LogP contribution in [0.25, 0.3) is 0 Å². The third kappa shape index (κ3) is 5.44. The van der Waals surface area contributed by atoms with Crippen molar-refractivity contribution in [2.24, 2.45) is 5.92 Å². The van der Waals surface area contributed by atoms with Crippen LogP contribution >= 0.6 is 11.6 Å². The fourth-order valence-corrected chi connectivity index (χ4v) is 5.44. The van der Waals surface area contributed by atoms with Gasteiger partial charge in [0.25, 0.3) is 5.91 Å². The summed E-state index contributed by atoms with van der Waals surface area (Å²) < 4.78 is 7.46. The maximum atomic E-state index is 13.7. The number of pyridine rings is 1. The highest BCUT2D eigenvalue weighted by Crippen LogP contribution is 2.29. The van der Waals surface area contributed by atoms with Crippen LogP contribution in [0.2, 0.25) is 5.02 Å². The lowest BCUT2D eigenvalue weighted by atomic mass is 9.96. The molecule has 1 aromatic carbocycles. The third-order valence-corrected chi connectivity index (χ3v) is 7.29. The first-order valence-corrected chi connectivity index (χ1v) is 12.4. The lowest BCUT2D eigenvalue weighted by Gasteiger charge is -2.36. The van der Waals surface area contributed by atoms with Gasteiger partial charge in [0, 0.05) is 68.0 Å². The van der Waals surface area contributed by atoms with Crippen LogP contribution < -0.4 is 10.3 Å². The van der Waals surface area contributed by atoms with E-state index < -0.39 is 0 Å². The van der Waals surface area contributed by atoms with Crippen LogP contribution in [0.1, 0.15) is 47.4 Å². The second-order valence-corrected chi connectivity index (χ2v) is 9.67. The van der Waals surface area contributed by atoms with Gasteiger partial charge in [-0.15, -0.1) is 0 Å². The predicted molar refractivity (Wildman–Crippen MR) is 133 cm³/mol. The second kappa shape index (κ2) is 10.7. The topological polar surface area (TPSA) is 54.8 Å². The number of halogens is 1. The number of aryl methyl sites for hydroxylation is 1. The Morgan fingerprint density at radius 1 is 1.12 bits per heavy atom. The number of amides is 1. The van der Waals surface area contributed by atoms with Crippen molar-refractivity contribution in [1.82, 2.24) is 9.47 Å². The molecule has 1 aliphatic heterocycles. The number of rotatable bonds is 7. The fraction of sp³-hybridized carbons (Fsp3) is 0.538. The van der Waals surface area contributed by atoms with Crippen LogP contribution in [-0.2, 0) is 17.7 Å². The molecule has 33 heavy (non-hydrogen) atoms. The Labute approximate surface area is 201 Å². The summed E-state index contributed by atoms with van der Waals surface area (Å²) in [5.41, 5.74) is 3.06. The predicted octanol–water partition coefficient (Wildman–Crippen LogP) is 4.15. The van der Waals surface area contributed by atoms with E-state index in [1.807, 2.05) is 36.1 Å². The van der Waals surface area contributed by atoms with Gasteiger partial charge in [-0.1, -0.05) is 43.4 Å². The number of hydrogen-bond acceptors (Lipinski definition) is 4. The third-order valence-electron chi connectivity index (χ3n) is 7.06. The van der Waals surface area contributed by atoms with Crippen LogP contribution in [0.5, 0.6) is 0 Å². The van der Waals surface area contributed by atoms with Crippen LogP contribution in [0.4, 0.5) is 5.69 Å². The number of carbonyl (C=O) groups excluding carboxylic acids is 1. The molecule has 0 N–H and O–H groups in total. The SMILES string of the molecule is COCCn1c(C)cc(=O)c(C(=O)N2CCN(c3cccc(Cl)c3)CC2)c1CC1CCCC1. The number of benzene rings is 1. The van der Waals surface area contributed by atoms with Crippen molar-refractivity contribution in [3.63, 3.8) is 0 Å². The first-order chi connectivity index (χ1) is 16.0. The van der Waals surface area contributed by atoms with Crippen molar-refractivity contribution >= 4 is 23.2 Å². The lowest BCUT2D eigenvalue weighted by molar-refractivity contribution is 0.0742. The zero-order chi connectivity index (χ0) is 23.4. The summed E-state index contributed by atoms with van der Waals surface area (Å²) in [6.07, 6.45) is 5.57. The number of aromatic nitrogens is 1. The van der Waals surface area contributed by atoms with Crippen molar-refractivity contribution in [3.05, 3.63) is 62.5 Å². The molecule has 1 aliphatic carbocycles. The molecule has 0 spiro atoms. The summed E-state index contributed by atoms with van der Waals surface area (Å²) in [6, 6.07) is 9.41. The number of methoxy groups -OCH3 is 1. The number of hydrogen-bond donors (Lipinski definition) is 0. The highest BCUT2D eigenvalue weighted by molar-refractivity contribution is 6.30. The van der Waals surface area contributed by atoms with Gasteiger partial charge in [0.1, 0.15) is 5.56 Å². The highest BCUT2D eigenvalue weighted by atomic mass is 35.5. The first kappa shape index (κ1) is 23.8. The number of ether oxygens (including phenoxy) is 1. The van der Waals surface area contributed by atoms with Gasteiger partial charge in [-0.25, -0.2) is 0 Å². The minimum Gasteiger partial charge on any atom is -0.383 e. The van der Waals surface area contributed by atoms with Crippen molar-refractivity contribution < 1.29 is 9.53 Å². The first-order valence-electron chi connectivity index (χ1n) is 12.0. The van der Waals surface area contributed by atoms with Crippen LogP contribution in [0.3, 0.4) is 0 Å². The Morgan fingerprint density at radius 2 is 1.85 bits per heavy atom. The van der Waals surface area contributed by atoms with Gasteiger partial charge >= 0.3 is 0 Å². The maximum absolute atomic E-state index is 13.7. The van der Waals surface area contributed by atoms with Crippen molar-refractivity contribution in [1.29, 1.82) is 0 Å². The van der Waals surface area contributed by atoms with E-state index >= 15 is 0 Å². The molecule has 0 unspecified atom stereocenters. The van der Waals surface area contributed by atoms with Gasteiger partial charge in [-0.2, -0.15) is 0 Å². The molecule has 6 nitrogen and oxygen atoms in total. The molecule has 1 saturated carbocycles. The zero-order valence-electron chi connectivity index (χ0n) is 19.7. The summed E-state index contributed by atoms with van der Waals surface area (Å²) >= 11 is 6.15. The van der Waals surface area contributed by atoms with E-state index in [0.717, 1.165) is 23.5 Å². The normalized spacial score (nSPS) is 17.1. The molecule has 0 radical (unpaired) electrons. The summed E-state index contributed by atoms with van der Waals surface area (Å²) in [5, 5.41) is 0.707. The van der Waals surface area contributed by atoms with Gasteiger partial charge in [0.15, 0.2) is 5.43 Å². The number of nitrogens with zero attached hydrogens (tertiary/aromatic N) is 3. The van der Waals surface area contributed by atoms with Gasteiger partial charge in [0.2, 0.25) is 0 Å². The second-order valence-electron chi connectivity index (χ2n) is 9.23. The van der Waals surface area contributed by atoms with Crippen molar-refractivity contribution in [2.45, 2.75) is 45.6 Å². The molecule has 0 bridgehead atoms. The number of carbonyl (C=O) groups is 1. The molecule has 2 aromatic rings. The van der Waals surface area contributed by atoms with Gasteiger partial charge in [-0.05, 0) is 37.5 Å². The average Bonchev–Trinajstić information content (AvgIpc) is 3.32. The summed E-state index contributed by atoms with van der Waals surface area (Å²) in [6.45, 7) is 5.74. The maximum Gasteiger partial charge on any atom is 0.259 e. The molecule has 1 aromatic heterocycles. The van der Waals surface area contributed by atoms with Crippen LogP contribution in [-0.4, -0.2) is 55.3 Å². The largest absolute Gasteiger partial charge is 0.383 e. The molecular formula is C26H34ClN3O3. The highest BCUT2D eigenvalue weighted by Gasteiger charge is 2.29. The van der Waals surface area contributed by atoms with Crippen LogP contribution in [0, 0.1) is 12.8 Å². The molecule has 1 amide bonds. The number of anilines is 1. The number of piperazine rings is 1. The van der Waals surface area contributed by atoms with Crippen molar-refractivity contribution in [3.8, 4) is 0 Å². The molecule has 0 atom stereocenters. The quantitative estimate of drug-likeness (QED) is 0.608. The van der Waals surface area contributed by atoms with E-state index in [2.05, 4.69) is 9.47 Å². The molecule has 2 aliphatic rings. The molecule has 7 heteroatoms. The molecule has 1 saturated heterocycles. The Morgan fingerprint density at radius 3 is 2.52 bits per heavy atom. The Hall–Kier alpha value is -2.31. The van der Waals surface area contributed by atoms with E-state index in [1.54, 1.807) is 13.2 Å². The summed E-state index contributed by atoms with van der Waals surface area (Å²) in [7, 11) is 1.68. The zero-order valence-corrected chi connectivity index (χ0v) is 20.4. The average molecular weight is 472 g/mol. The Kier molecular flexibility index (Phi) is 7.76. The summed E-state index contributed by atoms with van der Waals surface area (Å²) in [5.74, 6) is 0.399. The standard InChI is InChI=1S/C26H34ClN3O3/c1-19-16-24(31)25(23(30(19)14-15-33-2)17-20-6-3-4-7-20)26(32)29-12-10-28(11-13-29)22-9-5-8-21(27)18-22/h5,8-9,16,18,20H,3-4,6-7,10-15,17H2,1-2H3. The van der Waals surface area contributed by atoms with Crippen LogP contribution in [0.15, 0.2) is 35.1 Å². The van der Waals surface area contributed by atoms with E-state index in [0.29, 0.717) is 55.8 Å². The monoisotopic (exact) mass is 471 g/mol. The molecular weight excluding hydrogens is 438 g/mol. The van der Waals surface area contributed by atoms with E-state index in [1.165, 1.54) is 25.7 Å². The van der Waals surface area contributed by atoms with E-state index in [4.69, 9.17) is 16.3 Å². The van der Waals surface area contributed by atoms with Gasteiger partial charge in [0.05, 0.1) is 6.61 Å². The Bertz CT molecular complexity index is 1040. The smallest absolute Gasteiger partial charge is 0.259 e. The molecule has 178 valence electrons. The van der Waals surface area contributed by atoms with E-state index in [-0.39, 0.29) is 11.3 Å². The molecule has 2 heterocycles. The Balaban J connectivity index is 1.59. The molecule has 2 fully saturated rings. The minimum absolute atomic E-state index is 0.134. The van der Waals surface area contributed by atoms with Gasteiger partial charge in [-0.3, -0.25) is 9.59 Å². The van der Waals surface area contributed by atoms with Gasteiger partial charge < -0.3 is 19.1 Å². The summed E-state index contributed by atoms with van der Waals surface area (Å²) in [4.78, 5) is 30.9. The van der Waals surface area contributed by atoms with Crippen molar-refractivity contribution in [2.75, 3.05) is 44.8 Å². The minimum atomic E-state index is -0.156. The van der Waals surface area contributed by atoms with E-state index in [9.17, 15) is 9.59 Å². The lowest BCUT2D eigenvalue weighted by Crippen LogP contribution is -2.50. The fourth-order valence-electron chi connectivity index (χ4n) is 5.25.